The maximum atomic E-state index is 6.51. The Morgan fingerprint density at radius 2 is 1.15 bits per heavy atom. The molecule has 0 spiro atoms. The van der Waals surface area contributed by atoms with Crippen molar-refractivity contribution < 1.29 is 4.43 Å². The lowest BCUT2D eigenvalue weighted by molar-refractivity contribution is 0.0829. The van der Waals surface area contributed by atoms with Crippen LogP contribution in [0.2, 0.25) is 13.1 Å². The second-order valence-corrected chi connectivity index (χ2v) is 12.3. The summed E-state index contributed by atoms with van der Waals surface area (Å²) < 4.78 is 8.78. The van der Waals surface area contributed by atoms with Crippen molar-refractivity contribution in [2.45, 2.75) is 45.5 Å². The smallest absolute Gasteiger partial charge is 0.171 e. The van der Waals surface area contributed by atoms with Crippen LogP contribution < -0.4 is 0 Å². The van der Waals surface area contributed by atoms with Gasteiger partial charge in [0.1, 0.15) is 5.54 Å². The van der Waals surface area contributed by atoms with Gasteiger partial charge in [-0.25, -0.2) is 4.98 Å². The number of rotatable bonds is 7. The first-order chi connectivity index (χ1) is 15.8. The lowest BCUT2D eigenvalue weighted by Crippen LogP contribution is -2.37. The average molecular weight is 455 g/mol. The van der Waals surface area contributed by atoms with Crippen LogP contribution in [0.4, 0.5) is 0 Å². The summed E-state index contributed by atoms with van der Waals surface area (Å²) in [6.07, 6.45) is 4.12. The molecular formula is C29H34N2OSi. The highest BCUT2D eigenvalue weighted by Crippen LogP contribution is 2.42. The van der Waals surface area contributed by atoms with Crippen molar-refractivity contribution in [3.05, 3.63) is 126 Å². The van der Waals surface area contributed by atoms with Gasteiger partial charge >= 0.3 is 0 Å². The molecule has 0 amide bonds. The summed E-state index contributed by atoms with van der Waals surface area (Å²) in [5.41, 5.74) is 3.96. The van der Waals surface area contributed by atoms with Gasteiger partial charge in [0.15, 0.2) is 9.04 Å². The standard InChI is InChI=1S/C29H34N2OSi/c1-28(2,3)27(32-33(4)5)26-21-31(22-30-26)29(23-15-9-6-10-16-23,24-17-11-7-12-18-24)25-19-13-8-14-20-25/h6-22,27,33H,1-5H3. The van der Waals surface area contributed by atoms with Crippen LogP contribution in [-0.4, -0.2) is 18.6 Å². The number of aromatic nitrogens is 2. The normalized spacial score (nSPS) is 13.3. The fraction of sp³-hybridized carbons (Fsp3) is 0.276. The van der Waals surface area contributed by atoms with Crippen LogP contribution in [0.3, 0.4) is 0 Å². The van der Waals surface area contributed by atoms with Crippen LogP contribution in [0.5, 0.6) is 0 Å². The monoisotopic (exact) mass is 454 g/mol. The molecule has 4 rings (SSSR count). The zero-order valence-corrected chi connectivity index (χ0v) is 21.4. The van der Waals surface area contributed by atoms with Crippen LogP contribution in [0.1, 0.15) is 49.3 Å². The van der Waals surface area contributed by atoms with E-state index in [0.29, 0.717) is 0 Å². The molecule has 3 aromatic carbocycles. The third kappa shape index (κ3) is 4.59. The molecule has 0 bridgehead atoms. The maximum absolute atomic E-state index is 6.51. The molecule has 0 N–H and O–H groups in total. The second-order valence-electron chi connectivity index (χ2n) is 9.95. The highest BCUT2D eigenvalue weighted by molar-refractivity contribution is 6.48. The second kappa shape index (κ2) is 9.50. The summed E-state index contributed by atoms with van der Waals surface area (Å²) in [5.74, 6) is 0. The average Bonchev–Trinajstić information content (AvgIpc) is 3.29. The van der Waals surface area contributed by atoms with Gasteiger partial charge in [0, 0.05) is 6.20 Å². The molecule has 0 fully saturated rings. The highest BCUT2D eigenvalue weighted by Gasteiger charge is 2.39. The van der Waals surface area contributed by atoms with Crippen LogP contribution in [0.25, 0.3) is 0 Å². The number of benzene rings is 3. The van der Waals surface area contributed by atoms with E-state index >= 15 is 0 Å². The van der Waals surface area contributed by atoms with Crippen molar-refractivity contribution in [1.82, 2.24) is 9.55 Å². The fourth-order valence-corrected chi connectivity index (χ4v) is 5.72. The number of hydrogen-bond donors (Lipinski definition) is 0. The van der Waals surface area contributed by atoms with E-state index in [1.54, 1.807) is 0 Å². The molecule has 1 unspecified atom stereocenters. The topological polar surface area (TPSA) is 27.1 Å². The molecule has 0 aliphatic rings. The van der Waals surface area contributed by atoms with Crippen molar-refractivity contribution in [1.29, 1.82) is 0 Å². The molecule has 4 heteroatoms. The maximum Gasteiger partial charge on any atom is 0.171 e. The lowest BCUT2D eigenvalue weighted by Gasteiger charge is -2.37. The summed E-state index contributed by atoms with van der Waals surface area (Å²) in [6.45, 7) is 11.1. The third-order valence-electron chi connectivity index (χ3n) is 6.03. The van der Waals surface area contributed by atoms with Crippen LogP contribution >= 0.6 is 0 Å². The van der Waals surface area contributed by atoms with Crippen LogP contribution in [0.15, 0.2) is 104 Å². The molecule has 4 aromatic rings. The molecular weight excluding hydrogens is 420 g/mol. The Morgan fingerprint density at radius 3 is 1.52 bits per heavy atom. The quantitative estimate of drug-likeness (QED) is 0.226. The van der Waals surface area contributed by atoms with Gasteiger partial charge in [0.2, 0.25) is 0 Å². The summed E-state index contributed by atoms with van der Waals surface area (Å²) in [5, 5.41) is 0. The van der Waals surface area contributed by atoms with Crippen molar-refractivity contribution in [2.75, 3.05) is 0 Å². The predicted octanol–water partition coefficient (Wildman–Crippen LogP) is 6.81. The summed E-state index contributed by atoms with van der Waals surface area (Å²) in [4.78, 5) is 4.94. The molecule has 1 aromatic heterocycles. The summed E-state index contributed by atoms with van der Waals surface area (Å²) in [7, 11) is -1.26. The van der Waals surface area contributed by atoms with Gasteiger partial charge < -0.3 is 8.99 Å². The molecule has 0 radical (unpaired) electrons. The molecule has 0 saturated heterocycles. The Morgan fingerprint density at radius 1 is 0.727 bits per heavy atom. The number of hydrogen-bond acceptors (Lipinski definition) is 2. The molecule has 3 nitrogen and oxygen atoms in total. The molecule has 1 atom stereocenters. The SMILES string of the molecule is C[SiH](C)OC(c1cn(C(c2ccccc2)(c2ccccc2)c2ccccc2)cn1)C(C)(C)C. The van der Waals surface area contributed by atoms with E-state index in [1.165, 1.54) is 16.7 Å². The Hall–Kier alpha value is -2.95. The number of nitrogens with zero attached hydrogens (tertiary/aromatic N) is 2. The van der Waals surface area contributed by atoms with Crippen molar-refractivity contribution in [3.63, 3.8) is 0 Å². The van der Waals surface area contributed by atoms with Gasteiger partial charge in [-0.05, 0) is 35.2 Å². The predicted molar refractivity (Wildman–Crippen MR) is 139 cm³/mol. The summed E-state index contributed by atoms with van der Waals surface area (Å²) in [6, 6.07) is 32.1. The first-order valence-corrected chi connectivity index (χ1v) is 14.5. The molecule has 0 aliphatic carbocycles. The van der Waals surface area contributed by atoms with Gasteiger partial charge in [-0.3, -0.25) is 0 Å². The van der Waals surface area contributed by atoms with E-state index in [1.807, 2.05) is 6.33 Å². The first-order valence-electron chi connectivity index (χ1n) is 11.7. The number of imidazole rings is 1. The van der Waals surface area contributed by atoms with Crippen LogP contribution in [-0.2, 0) is 9.96 Å². The minimum Gasteiger partial charge on any atom is -0.412 e. The Balaban J connectivity index is 1.99. The van der Waals surface area contributed by atoms with Crippen molar-refractivity contribution >= 4 is 9.04 Å². The minimum absolute atomic E-state index is 0.0502. The van der Waals surface area contributed by atoms with E-state index in [9.17, 15) is 0 Å². The van der Waals surface area contributed by atoms with Gasteiger partial charge in [0.05, 0.1) is 18.1 Å². The van der Waals surface area contributed by atoms with E-state index in [0.717, 1.165) is 5.69 Å². The molecule has 170 valence electrons. The molecule has 33 heavy (non-hydrogen) atoms. The van der Waals surface area contributed by atoms with E-state index in [-0.39, 0.29) is 11.5 Å². The third-order valence-corrected chi connectivity index (χ3v) is 6.84. The van der Waals surface area contributed by atoms with Gasteiger partial charge in [0.25, 0.3) is 0 Å². The first kappa shape index (κ1) is 23.2. The van der Waals surface area contributed by atoms with Crippen molar-refractivity contribution in [2.24, 2.45) is 5.41 Å². The van der Waals surface area contributed by atoms with E-state index in [2.05, 4.69) is 136 Å². The molecule has 0 saturated carbocycles. The van der Waals surface area contributed by atoms with Crippen LogP contribution in [0, 0.1) is 5.41 Å². The Kier molecular flexibility index (Phi) is 6.68. The van der Waals surface area contributed by atoms with Gasteiger partial charge in [-0.15, -0.1) is 0 Å². The summed E-state index contributed by atoms with van der Waals surface area (Å²) >= 11 is 0. The minimum atomic E-state index is -1.26. The fourth-order valence-electron chi connectivity index (χ4n) is 4.63. The zero-order chi connectivity index (χ0) is 23.5. The largest absolute Gasteiger partial charge is 0.412 e. The van der Waals surface area contributed by atoms with Gasteiger partial charge in [-0.2, -0.15) is 0 Å². The Bertz CT molecular complexity index is 1050. The van der Waals surface area contributed by atoms with E-state index in [4.69, 9.17) is 9.41 Å². The van der Waals surface area contributed by atoms with E-state index < -0.39 is 14.6 Å². The molecule has 0 aliphatic heterocycles. The zero-order valence-electron chi connectivity index (χ0n) is 20.3. The van der Waals surface area contributed by atoms with Crippen molar-refractivity contribution in [3.8, 4) is 0 Å². The highest BCUT2D eigenvalue weighted by atomic mass is 28.3. The Labute approximate surface area is 199 Å². The van der Waals surface area contributed by atoms with Gasteiger partial charge in [-0.1, -0.05) is 112 Å². The lowest BCUT2D eigenvalue weighted by atomic mass is 9.76. The molecule has 1 heterocycles.